The van der Waals surface area contributed by atoms with E-state index in [1.54, 1.807) is 0 Å². The first kappa shape index (κ1) is 30.0. The highest BCUT2D eigenvalue weighted by Crippen LogP contribution is 2.48. The van der Waals surface area contributed by atoms with E-state index in [4.69, 9.17) is 0 Å². The molecule has 0 amide bonds. The van der Waals surface area contributed by atoms with Crippen molar-refractivity contribution in [3.05, 3.63) is 131 Å². The van der Waals surface area contributed by atoms with Crippen molar-refractivity contribution in [1.29, 1.82) is 0 Å². The number of nitrogens with zero attached hydrogens (tertiary/aromatic N) is 4. The molecule has 4 heteroatoms. The molecule has 0 atom stereocenters. The fourth-order valence-electron chi connectivity index (χ4n) is 6.72. The Morgan fingerprint density at radius 2 is 0.761 bits per heavy atom. The third kappa shape index (κ3) is 5.30. The van der Waals surface area contributed by atoms with Gasteiger partial charge in [0.15, 0.2) is 0 Å². The Hall–Kier alpha value is -4.70. The van der Waals surface area contributed by atoms with Gasteiger partial charge in [-0.3, -0.25) is 0 Å². The van der Waals surface area contributed by atoms with Gasteiger partial charge in [0.2, 0.25) is 0 Å². The zero-order valence-corrected chi connectivity index (χ0v) is 28.6. The van der Waals surface area contributed by atoms with Crippen molar-refractivity contribution in [2.24, 2.45) is 0 Å². The smallest absolute Gasteiger partial charge is 0.100 e. The molecule has 2 aliphatic heterocycles. The maximum Gasteiger partial charge on any atom is 0.100 e. The van der Waals surface area contributed by atoms with Crippen LogP contribution < -0.4 is 19.6 Å². The Balaban J connectivity index is 1.23. The highest BCUT2D eigenvalue weighted by atomic mass is 15.4. The molecule has 0 spiro atoms. The van der Waals surface area contributed by atoms with Crippen molar-refractivity contribution >= 4 is 45.5 Å². The first-order valence-corrected chi connectivity index (χ1v) is 16.5. The van der Waals surface area contributed by atoms with Gasteiger partial charge in [0, 0.05) is 22.7 Å². The SMILES string of the molecule is Cc1cc2c(cc1C)N(c1cccc(N3CN(c4ccc(C(C)(C)C)cc4)c4ccccc43)c1)CN2c1ccc(C(C)(C)C)cc1. The van der Waals surface area contributed by atoms with Gasteiger partial charge in [-0.05, 0) is 114 Å². The van der Waals surface area contributed by atoms with Gasteiger partial charge in [-0.1, -0.05) is 84.0 Å². The Morgan fingerprint density at radius 3 is 1.17 bits per heavy atom. The average molecular weight is 607 g/mol. The molecule has 0 bridgehead atoms. The number of rotatable bonds is 4. The summed E-state index contributed by atoms with van der Waals surface area (Å²) in [5.74, 6) is 0. The van der Waals surface area contributed by atoms with E-state index in [1.807, 2.05) is 0 Å². The Labute approximate surface area is 275 Å². The summed E-state index contributed by atoms with van der Waals surface area (Å²) in [5, 5.41) is 0. The van der Waals surface area contributed by atoms with Crippen molar-refractivity contribution in [2.45, 2.75) is 66.2 Å². The molecule has 0 fully saturated rings. The third-order valence-corrected chi connectivity index (χ3v) is 9.74. The van der Waals surface area contributed by atoms with Crippen molar-refractivity contribution in [3.8, 4) is 0 Å². The summed E-state index contributed by atoms with van der Waals surface area (Å²) >= 11 is 0. The van der Waals surface area contributed by atoms with Gasteiger partial charge in [-0.15, -0.1) is 0 Å². The molecule has 2 aliphatic rings. The van der Waals surface area contributed by atoms with Crippen LogP contribution in [0.25, 0.3) is 0 Å². The summed E-state index contributed by atoms with van der Waals surface area (Å²) in [6, 6.07) is 40.7. The molecular weight excluding hydrogens is 560 g/mol. The third-order valence-electron chi connectivity index (χ3n) is 9.74. The first-order chi connectivity index (χ1) is 21.9. The molecule has 46 heavy (non-hydrogen) atoms. The predicted octanol–water partition coefficient (Wildman–Crippen LogP) is 11.4. The fourth-order valence-corrected chi connectivity index (χ4v) is 6.72. The molecule has 0 aromatic heterocycles. The molecule has 234 valence electrons. The van der Waals surface area contributed by atoms with Crippen molar-refractivity contribution in [2.75, 3.05) is 32.9 Å². The van der Waals surface area contributed by atoms with Crippen LogP contribution in [0.1, 0.15) is 63.8 Å². The lowest BCUT2D eigenvalue weighted by Gasteiger charge is -2.26. The van der Waals surface area contributed by atoms with E-state index in [0.29, 0.717) is 0 Å². The molecule has 0 N–H and O–H groups in total. The summed E-state index contributed by atoms with van der Waals surface area (Å²) in [6.07, 6.45) is 0. The van der Waals surface area contributed by atoms with Crippen LogP contribution in [0.4, 0.5) is 45.5 Å². The number of hydrogen-bond donors (Lipinski definition) is 0. The second-order valence-corrected chi connectivity index (χ2v) is 15.0. The topological polar surface area (TPSA) is 13.0 Å². The van der Waals surface area contributed by atoms with Gasteiger partial charge in [0.05, 0.1) is 22.7 Å². The molecule has 0 radical (unpaired) electrons. The van der Waals surface area contributed by atoms with Crippen LogP contribution in [0.5, 0.6) is 0 Å². The standard InChI is InChI=1S/C42H46N4/c1-29-24-39-40(25-30(29)2)46(28-44(39)34-22-18-32(19-23-34)42(6,7)8)36-13-11-12-35(26-36)45-27-43(37-14-9-10-15-38(37)45)33-20-16-31(17-21-33)41(3,4)5/h9-26H,27-28H2,1-8H3. The number of hydrogen-bond acceptors (Lipinski definition) is 4. The van der Waals surface area contributed by atoms with Crippen molar-refractivity contribution < 1.29 is 0 Å². The number of aryl methyl sites for hydroxylation is 2. The molecule has 2 heterocycles. The maximum absolute atomic E-state index is 2.47. The molecular formula is C42H46N4. The van der Waals surface area contributed by atoms with E-state index < -0.39 is 0 Å². The van der Waals surface area contributed by atoms with E-state index in [1.165, 1.54) is 67.8 Å². The van der Waals surface area contributed by atoms with E-state index in [2.05, 4.69) is 184 Å². The molecule has 0 unspecified atom stereocenters. The fraction of sp³-hybridized carbons (Fsp3) is 0.286. The molecule has 4 nitrogen and oxygen atoms in total. The summed E-state index contributed by atoms with van der Waals surface area (Å²) in [7, 11) is 0. The van der Waals surface area contributed by atoms with E-state index >= 15 is 0 Å². The normalized spacial score (nSPS) is 14.6. The number of anilines is 8. The lowest BCUT2D eigenvalue weighted by atomic mass is 9.87. The second kappa shape index (κ2) is 11.0. The van der Waals surface area contributed by atoms with Crippen LogP contribution in [-0.2, 0) is 10.8 Å². The minimum Gasteiger partial charge on any atom is -0.321 e. The highest BCUT2D eigenvalue weighted by Gasteiger charge is 2.31. The quantitative estimate of drug-likeness (QED) is 0.202. The van der Waals surface area contributed by atoms with Crippen molar-refractivity contribution in [3.63, 3.8) is 0 Å². The largest absolute Gasteiger partial charge is 0.321 e. The molecule has 5 aromatic carbocycles. The lowest BCUT2D eigenvalue weighted by molar-refractivity contribution is 0.590. The van der Waals surface area contributed by atoms with Crippen LogP contribution in [-0.4, -0.2) is 13.3 Å². The highest BCUT2D eigenvalue weighted by molar-refractivity contribution is 5.90. The molecule has 7 rings (SSSR count). The van der Waals surface area contributed by atoms with E-state index in [9.17, 15) is 0 Å². The van der Waals surface area contributed by atoms with Crippen LogP contribution >= 0.6 is 0 Å². The predicted molar refractivity (Wildman–Crippen MR) is 197 cm³/mol. The summed E-state index contributed by atoms with van der Waals surface area (Å²) in [4.78, 5) is 9.79. The lowest BCUT2D eigenvalue weighted by Crippen LogP contribution is -2.25. The minimum atomic E-state index is 0.126. The number of fused-ring (bicyclic) bond motifs is 2. The van der Waals surface area contributed by atoms with Gasteiger partial charge in [-0.2, -0.15) is 0 Å². The second-order valence-electron chi connectivity index (χ2n) is 15.0. The zero-order chi connectivity index (χ0) is 32.4. The zero-order valence-electron chi connectivity index (χ0n) is 28.6. The van der Waals surface area contributed by atoms with Gasteiger partial charge >= 0.3 is 0 Å². The molecule has 0 saturated heterocycles. The molecule has 0 aliphatic carbocycles. The number of benzene rings is 5. The average Bonchev–Trinajstić information content (AvgIpc) is 3.60. The summed E-state index contributed by atoms with van der Waals surface area (Å²) in [6.45, 7) is 19.6. The molecule has 5 aromatic rings. The maximum atomic E-state index is 2.47. The van der Waals surface area contributed by atoms with E-state index in [-0.39, 0.29) is 10.8 Å². The van der Waals surface area contributed by atoms with Gasteiger partial charge in [0.1, 0.15) is 13.3 Å². The van der Waals surface area contributed by atoms with Crippen LogP contribution in [0.3, 0.4) is 0 Å². The Morgan fingerprint density at radius 1 is 0.391 bits per heavy atom. The monoisotopic (exact) mass is 606 g/mol. The Bertz CT molecular complexity index is 1890. The van der Waals surface area contributed by atoms with Crippen LogP contribution in [0.15, 0.2) is 109 Å². The minimum absolute atomic E-state index is 0.126. The summed E-state index contributed by atoms with van der Waals surface area (Å²) in [5.41, 5.74) is 15.4. The first-order valence-electron chi connectivity index (χ1n) is 16.5. The number of para-hydroxylation sites is 2. The van der Waals surface area contributed by atoms with Crippen LogP contribution in [0.2, 0.25) is 0 Å². The van der Waals surface area contributed by atoms with Crippen LogP contribution in [0, 0.1) is 13.8 Å². The van der Waals surface area contributed by atoms with Gasteiger partial charge in [-0.25, -0.2) is 0 Å². The van der Waals surface area contributed by atoms with E-state index in [0.717, 1.165) is 13.3 Å². The summed E-state index contributed by atoms with van der Waals surface area (Å²) < 4.78 is 0. The van der Waals surface area contributed by atoms with Crippen molar-refractivity contribution in [1.82, 2.24) is 0 Å². The van der Waals surface area contributed by atoms with Gasteiger partial charge in [0.25, 0.3) is 0 Å². The van der Waals surface area contributed by atoms with Gasteiger partial charge < -0.3 is 19.6 Å². The molecule has 0 saturated carbocycles. The Kier molecular flexibility index (Phi) is 7.15.